The zero-order valence-corrected chi connectivity index (χ0v) is 14.8. The van der Waals surface area contributed by atoms with Crippen LogP contribution in [0.25, 0.3) is 10.9 Å². The standard InChI is InChI=1S/C21H23N.CHNO/c1-16(2)14-19(17-8-4-3-5-9-17)15-20-13-12-18-10-6-7-11-21(18)22-20;2-1-3/h3-13,16,19H,14-15H2,1-2H3;2H/t19-;/m1./s1. The lowest BCUT2D eigenvalue weighted by Crippen LogP contribution is -2.07. The first-order chi connectivity index (χ1) is 12.1. The van der Waals surface area contributed by atoms with Crippen LogP contribution in [-0.4, -0.2) is 11.1 Å². The molecule has 0 aliphatic rings. The van der Waals surface area contributed by atoms with E-state index in [1.807, 2.05) is 0 Å². The Balaban J connectivity index is 0.000000701. The van der Waals surface area contributed by atoms with Gasteiger partial charge in [0.2, 0.25) is 6.08 Å². The molecule has 1 atom stereocenters. The monoisotopic (exact) mass is 332 g/mol. The quantitative estimate of drug-likeness (QED) is 0.495. The second kappa shape index (κ2) is 9.51. The number of rotatable bonds is 5. The van der Waals surface area contributed by atoms with Crippen molar-refractivity contribution in [3.05, 3.63) is 78.0 Å². The van der Waals surface area contributed by atoms with Crippen LogP contribution in [0.15, 0.2) is 66.7 Å². The summed E-state index contributed by atoms with van der Waals surface area (Å²) in [5.41, 5.74) is 3.70. The fourth-order valence-electron chi connectivity index (χ4n) is 3.11. The molecule has 1 aromatic heterocycles. The zero-order chi connectivity index (χ0) is 18.1. The van der Waals surface area contributed by atoms with Gasteiger partial charge in [-0.05, 0) is 42.4 Å². The Hall–Kier alpha value is -2.77. The van der Waals surface area contributed by atoms with Gasteiger partial charge in [-0.3, -0.25) is 4.98 Å². The molecular weight excluding hydrogens is 308 g/mol. The van der Waals surface area contributed by atoms with Crippen LogP contribution in [-0.2, 0) is 11.2 Å². The molecule has 0 amide bonds. The van der Waals surface area contributed by atoms with Crippen LogP contribution in [0.3, 0.4) is 0 Å². The van der Waals surface area contributed by atoms with Crippen LogP contribution in [0.4, 0.5) is 0 Å². The summed E-state index contributed by atoms with van der Waals surface area (Å²) in [6.07, 6.45) is 2.95. The number of benzene rings is 2. The van der Waals surface area contributed by atoms with Crippen molar-refractivity contribution in [3.8, 4) is 0 Å². The lowest BCUT2D eigenvalue weighted by molar-refractivity contribution is 0.494. The van der Waals surface area contributed by atoms with Gasteiger partial charge in [-0.2, -0.15) is 0 Å². The Morgan fingerprint density at radius 1 is 0.960 bits per heavy atom. The molecule has 0 radical (unpaired) electrons. The van der Waals surface area contributed by atoms with Gasteiger partial charge in [0.1, 0.15) is 0 Å². The van der Waals surface area contributed by atoms with Crippen LogP contribution in [0.5, 0.6) is 0 Å². The van der Waals surface area contributed by atoms with Crippen molar-refractivity contribution in [2.75, 3.05) is 0 Å². The van der Waals surface area contributed by atoms with Crippen molar-refractivity contribution in [2.24, 2.45) is 5.92 Å². The first-order valence-corrected chi connectivity index (χ1v) is 8.57. The second-order valence-corrected chi connectivity index (χ2v) is 6.54. The third kappa shape index (κ3) is 5.66. The minimum absolute atomic E-state index is 0.537. The van der Waals surface area contributed by atoms with E-state index in [2.05, 4.69) is 80.6 Å². The number of pyridine rings is 1. The molecule has 0 spiro atoms. The number of aromatic nitrogens is 1. The van der Waals surface area contributed by atoms with E-state index in [1.165, 1.54) is 23.1 Å². The van der Waals surface area contributed by atoms with E-state index in [0.29, 0.717) is 11.8 Å². The molecule has 0 bridgehead atoms. The van der Waals surface area contributed by atoms with Crippen molar-refractivity contribution in [1.82, 2.24) is 4.98 Å². The van der Waals surface area contributed by atoms with Gasteiger partial charge in [-0.1, -0.05) is 68.4 Å². The molecule has 3 heteroatoms. The highest BCUT2D eigenvalue weighted by Gasteiger charge is 2.15. The summed E-state index contributed by atoms with van der Waals surface area (Å²) < 4.78 is 0. The summed E-state index contributed by atoms with van der Waals surface area (Å²) in [5, 5.41) is 6.62. The van der Waals surface area contributed by atoms with E-state index in [1.54, 1.807) is 0 Å². The Morgan fingerprint density at radius 2 is 1.60 bits per heavy atom. The average molecular weight is 332 g/mol. The largest absolute Gasteiger partial charge is 0.253 e. The van der Waals surface area contributed by atoms with Gasteiger partial charge < -0.3 is 0 Å². The number of hydrogen-bond donors (Lipinski definition) is 1. The van der Waals surface area contributed by atoms with Crippen molar-refractivity contribution in [1.29, 1.82) is 5.41 Å². The van der Waals surface area contributed by atoms with E-state index in [9.17, 15) is 0 Å². The van der Waals surface area contributed by atoms with Gasteiger partial charge in [-0.25, -0.2) is 10.2 Å². The molecule has 3 rings (SSSR count). The molecule has 2 aromatic carbocycles. The maximum atomic E-state index is 8.35. The summed E-state index contributed by atoms with van der Waals surface area (Å²) in [7, 11) is 0. The number of nitrogens with one attached hydrogen (secondary N) is 1. The zero-order valence-electron chi connectivity index (χ0n) is 14.8. The first kappa shape index (κ1) is 18.6. The fourth-order valence-corrected chi connectivity index (χ4v) is 3.11. The van der Waals surface area contributed by atoms with E-state index in [0.717, 1.165) is 18.0 Å². The van der Waals surface area contributed by atoms with Gasteiger partial charge in [0.25, 0.3) is 0 Å². The molecule has 128 valence electrons. The fraction of sp³-hybridized carbons (Fsp3) is 0.273. The predicted molar refractivity (Wildman–Crippen MR) is 102 cm³/mol. The first-order valence-electron chi connectivity index (χ1n) is 8.57. The number of nitrogens with zero attached hydrogens (tertiary/aromatic N) is 1. The number of carbonyl (C=O) groups excluding carboxylic acids is 1. The number of isocyanates is 1. The van der Waals surface area contributed by atoms with Crippen LogP contribution >= 0.6 is 0 Å². The molecule has 0 saturated carbocycles. The van der Waals surface area contributed by atoms with E-state index >= 15 is 0 Å². The summed E-state index contributed by atoms with van der Waals surface area (Å²) in [6, 6.07) is 23.6. The molecule has 0 fully saturated rings. The van der Waals surface area contributed by atoms with Crippen LogP contribution in [0.2, 0.25) is 0 Å². The molecule has 1 N–H and O–H groups in total. The SMILES string of the molecule is CC(C)C[C@H](Cc1ccc2ccccc2n1)c1ccccc1.N=C=O. The van der Waals surface area contributed by atoms with Crippen molar-refractivity contribution in [3.63, 3.8) is 0 Å². The molecule has 25 heavy (non-hydrogen) atoms. The van der Waals surface area contributed by atoms with Crippen LogP contribution in [0, 0.1) is 11.3 Å². The molecule has 0 saturated heterocycles. The molecule has 0 unspecified atom stereocenters. The Morgan fingerprint density at radius 3 is 2.28 bits per heavy atom. The molecule has 1 heterocycles. The van der Waals surface area contributed by atoms with Crippen LogP contribution in [0.1, 0.15) is 37.4 Å². The molecule has 0 aliphatic heterocycles. The van der Waals surface area contributed by atoms with Gasteiger partial charge in [0.05, 0.1) is 5.52 Å². The number of hydrogen-bond acceptors (Lipinski definition) is 3. The molecular formula is C22H24N2O. The van der Waals surface area contributed by atoms with E-state index in [-0.39, 0.29) is 0 Å². The summed E-state index contributed by atoms with van der Waals surface area (Å²) in [4.78, 5) is 13.2. The predicted octanol–water partition coefficient (Wildman–Crippen LogP) is 5.51. The topological polar surface area (TPSA) is 53.8 Å². The highest BCUT2D eigenvalue weighted by atomic mass is 16.1. The van der Waals surface area contributed by atoms with E-state index < -0.39 is 0 Å². The Kier molecular flexibility index (Phi) is 7.06. The third-order valence-electron chi connectivity index (χ3n) is 4.14. The highest BCUT2D eigenvalue weighted by molar-refractivity contribution is 5.78. The Labute approximate surface area is 149 Å². The normalized spacial score (nSPS) is 11.5. The maximum Gasteiger partial charge on any atom is 0.231 e. The minimum atomic E-state index is 0.537. The van der Waals surface area contributed by atoms with E-state index in [4.69, 9.17) is 15.2 Å². The second-order valence-electron chi connectivity index (χ2n) is 6.54. The van der Waals surface area contributed by atoms with Crippen molar-refractivity contribution >= 4 is 17.0 Å². The van der Waals surface area contributed by atoms with Crippen LogP contribution < -0.4 is 0 Å². The molecule has 0 aliphatic carbocycles. The lowest BCUT2D eigenvalue weighted by Gasteiger charge is -2.19. The summed E-state index contributed by atoms with van der Waals surface area (Å²) in [6.45, 7) is 4.59. The number of fused-ring (bicyclic) bond motifs is 1. The van der Waals surface area contributed by atoms with Crippen molar-refractivity contribution < 1.29 is 4.79 Å². The number of para-hydroxylation sites is 1. The van der Waals surface area contributed by atoms with Crippen molar-refractivity contribution in [2.45, 2.75) is 32.6 Å². The Bertz CT molecular complexity index is 822. The molecule has 3 aromatic rings. The average Bonchev–Trinajstić information content (AvgIpc) is 2.62. The molecule has 3 nitrogen and oxygen atoms in total. The lowest BCUT2D eigenvalue weighted by atomic mass is 9.86. The maximum absolute atomic E-state index is 8.35. The third-order valence-corrected chi connectivity index (χ3v) is 4.14. The summed E-state index contributed by atoms with van der Waals surface area (Å²) in [5.74, 6) is 1.22. The van der Waals surface area contributed by atoms with Gasteiger partial charge in [0.15, 0.2) is 0 Å². The summed E-state index contributed by atoms with van der Waals surface area (Å²) >= 11 is 0. The van der Waals surface area contributed by atoms with Gasteiger partial charge in [-0.15, -0.1) is 0 Å². The van der Waals surface area contributed by atoms with Gasteiger partial charge in [0, 0.05) is 11.1 Å². The smallest absolute Gasteiger partial charge is 0.231 e. The highest BCUT2D eigenvalue weighted by Crippen LogP contribution is 2.27. The van der Waals surface area contributed by atoms with Gasteiger partial charge >= 0.3 is 0 Å². The minimum Gasteiger partial charge on any atom is -0.253 e.